The summed E-state index contributed by atoms with van der Waals surface area (Å²) in [7, 11) is 0. The van der Waals surface area contributed by atoms with Crippen molar-refractivity contribution in [2.24, 2.45) is 5.92 Å². The fraction of sp³-hybridized carbons (Fsp3) is 0.474. The van der Waals surface area contributed by atoms with E-state index in [0.29, 0.717) is 5.92 Å². The van der Waals surface area contributed by atoms with Gasteiger partial charge in [0, 0.05) is 44.9 Å². The predicted octanol–water partition coefficient (Wildman–Crippen LogP) is 2.76. The summed E-state index contributed by atoms with van der Waals surface area (Å²) in [6.07, 6.45) is 3.11. The molecule has 142 valence electrons. The van der Waals surface area contributed by atoms with E-state index in [1.54, 1.807) is 23.5 Å². The largest absolute Gasteiger partial charge is 0.381 e. The number of nitrogens with zero attached hydrogens (tertiary/aromatic N) is 5. The molecule has 8 heteroatoms. The molecule has 1 atom stereocenters. The highest BCUT2D eigenvalue weighted by Gasteiger charge is 2.24. The number of hydrogen-bond acceptors (Lipinski definition) is 6. The topological polar surface area (TPSA) is 45.9 Å². The van der Waals surface area contributed by atoms with E-state index in [9.17, 15) is 4.39 Å². The molecule has 2 aliphatic heterocycles. The van der Waals surface area contributed by atoms with Gasteiger partial charge in [-0.1, -0.05) is 11.3 Å². The van der Waals surface area contributed by atoms with Crippen LogP contribution in [0.3, 0.4) is 0 Å². The molecular weight excluding hydrogens is 365 g/mol. The molecule has 4 heterocycles. The van der Waals surface area contributed by atoms with Crippen molar-refractivity contribution in [3.63, 3.8) is 0 Å². The molecule has 0 radical (unpaired) electrons. The Labute approximate surface area is 161 Å². The number of anilines is 1. The fourth-order valence-corrected chi connectivity index (χ4v) is 4.73. The number of benzene rings is 1. The molecule has 0 amide bonds. The Morgan fingerprint density at radius 2 is 1.96 bits per heavy atom. The van der Waals surface area contributed by atoms with E-state index in [1.165, 1.54) is 18.6 Å². The van der Waals surface area contributed by atoms with Gasteiger partial charge in [-0.25, -0.2) is 13.9 Å². The summed E-state index contributed by atoms with van der Waals surface area (Å²) in [6, 6.07) is 6.41. The van der Waals surface area contributed by atoms with Crippen molar-refractivity contribution < 1.29 is 9.13 Å². The molecule has 27 heavy (non-hydrogen) atoms. The Hall–Kier alpha value is -2.03. The van der Waals surface area contributed by atoms with Crippen LogP contribution in [0.4, 0.5) is 9.52 Å². The summed E-state index contributed by atoms with van der Waals surface area (Å²) in [5.74, 6) is 0.462. The third-order valence-corrected chi connectivity index (χ3v) is 6.34. The van der Waals surface area contributed by atoms with Gasteiger partial charge in [-0.3, -0.25) is 4.90 Å². The van der Waals surface area contributed by atoms with Crippen molar-refractivity contribution in [2.75, 3.05) is 50.8 Å². The second-order valence-electron chi connectivity index (χ2n) is 7.26. The zero-order valence-corrected chi connectivity index (χ0v) is 15.9. The average molecular weight is 387 g/mol. The molecule has 3 aromatic rings. The Bertz CT molecular complexity index is 878. The van der Waals surface area contributed by atoms with E-state index in [1.807, 2.05) is 10.7 Å². The molecule has 5 rings (SSSR count). The summed E-state index contributed by atoms with van der Waals surface area (Å²) in [5.41, 5.74) is 1.73. The number of ether oxygens (including phenoxy) is 1. The molecule has 2 aromatic heterocycles. The molecule has 0 saturated carbocycles. The number of piperazine rings is 1. The van der Waals surface area contributed by atoms with Gasteiger partial charge < -0.3 is 9.64 Å². The maximum absolute atomic E-state index is 13.1. The van der Waals surface area contributed by atoms with Gasteiger partial charge in [-0.15, -0.1) is 5.10 Å². The quantitative estimate of drug-likeness (QED) is 0.689. The third-order valence-electron chi connectivity index (χ3n) is 5.36. The van der Waals surface area contributed by atoms with Crippen molar-refractivity contribution in [1.29, 1.82) is 0 Å². The smallest absolute Gasteiger partial charge is 0.214 e. The highest BCUT2D eigenvalue weighted by atomic mass is 32.1. The highest BCUT2D eigenvalue weighted by Crippen LogP contribution is 2.27. The van der Waals surface area contributed by atoms with Gasteiger partial charge in [0.2, 0.25) is 10.1 Å². The van der Waals surface area contributed by atoms with E-state index in [2.05, 4.69) is 14.8 Å². The number of rotatable bonds is 4. The molecule has 0 N–H and O–H groups in total. The third kappa shape index (κ3) is 3.56. The first kappa shape index (κ1) is 17.1. The van der Waals surface area contributed by atoms with Gasteiger partial charge in [0.1, 0.15) is 5.82 Å². The predicted molar refractivity (Wildman–Crippen MR) is 104 cm³/mol. The number of fused-ring (bicyclic) bond motifs is 1. The van der Waals surface area contributed by atoms with E-state index in [-0.39, 0.29) is 5.82 Å². The zero-order valence-electron chi connectivity index (χ0n) is 15.1. The van der Waals surface area contributed by atoms with Crippen LogP contribution in [0.15, 0.2) is 30.5 Å². The lowest BCUT2D eigenvalue weighted by atomic mass is 10.1. The van der Waals surface area contributed by atoms with Crippen LogP contribution in [0.2, 0.25) is 0 Å². The fourth-order valence-electron chi connectivity index (χ4n) is 3.79. The molecule has 2 aliphatic rings. The lowest BCUT2D eigenvalue weighted by Gasteiger charge is -2.35. The van der Waals surface area contributed by atoms with Gasteiger partial charge in [0.15, 0.2) is 0 Å². The summed E-state index contributed by atoms with van der Waals surface area (Å²) >= 11 is 1.61. The van der Waals surface area contributed by atoms with Crippen molar-refractivity contribution >= 4 is 21.4 Å². The van der Waals surface area contributed by atoms with Crippen molar-refractivity contribution in [2.45, 2.75) is 6.42 Å². The lowest BCUT2D eigenvalue weighted by molar-refractivity contribution is 0.164. The van der Waals surface area contributed by atoms with Gasteiger partial charge in [0.05, 0.1) is 18.5 Å². The molecule has 1 unspecified atom stereocenters. The number of halogens is 1. The normalized spacial score (nSPS) is 21.4. The Morgan fingerprint density at radius 1 is 1.15 bits per heavy atom. The van der Waals surface area contributed by atoms with E-state index in [0.717, 1.165) is 67.3 Å². The first-order valence-corrected chi connectivity index (χ1v) is 10.2. The van der Waals surface area contributed by atoms with Gasteiger partial charge in [-0.2, -0.15) is 0 Å². The van der Waals surface area contributed by atoms with Crippen LogP contribution < -0.4 is 4.90 Å². The first-order valence-electron chi connectivity index (χ1n) is 9.42. The summed E-state index contributed by atoms with van der Waals surface area (Å²) in [4.78, 5) is 10.4. The van der Waals surface area contributed by atoms with Crippen LogP contribution in [0.1, 0.15) is 6.42 Å². The maximum Gasteiger partial charge on any atom is 0.214 e. The lowest BCUT2D eigenvalue weighted by Crippen LogP contribution is -2.47. The van der Waals surface area contributed by atoms with Crippen LogP contribution in [0.25, 0.3) is 16.2 Å². The van der Waals surface area contributed by atoms with E-state index in [4.69, 9.17) is 9.84 Å². The molecule has 0 bridgehead atoms. The standard InChI is InChI=1S/C19H22FN5OS/c20-16-3-1-15(2-4-16)17-12-25-18(21-17)27-19(22-25)24-8-6-23(7-9-24)11-14-5-10-26-13-14/h1-4,12,14H,5-11,13H2. The zero-order chi connectivity index (χ0) is 18.2. The van der Waals surface area contributed by atoms with Crippen LogP contribution in [-0.4, -0.2) is 65.4 Å². The van der Waals surface area contributed by atoms with Crippen molar-refractivity contribution in [3.05, 3.63) is 36.3 Å². The highest BCUT2D eigenvalue weighted by molar-refractivity contribution is 7.20. The number of aromatic nitrogens is 3. The monoisotopic (exact) mass is 387 g/mol. The van der Waals surface area contributed by atoms with E-state index >= 15 is 0 Å². The average Bonchev–Trinajstić information content (AvgIpc) is 3.39. The van der Waals surface area contributed by atoms with Crippen LogP contribution in [0, 0.1) is 11.7 Å². The minimum Gasteiger partial charge on any atom is -0.381 e. The van der Waals surface area contributed by atoms with Crippen molar-refractivity contribution in [1.82, 2.24) is 19.5 Å². The van der Waals surface area contributed by atoms with Crippen LogP contribution in [0.5, 0.6) is 0 Å². The number of imidazole rings is 1. The van der Waals surface area contributed by atoms with Crippen LogP contribution in [-0.2, 0) is 4.74 Å². The summed E-state index contributed by atoms with van der Waals surface area (Å²) < 4.78 is 20.4. The number of hydrogen-bond donors (Lipinski definition) is 0. The minimum absolute atomic E-state index is 0.236. The molecular formula is C19H22FN5OS. The molecule has 2 fully saturated rings. The van der Waals surface area contributed by atoms with E-state index < -0.39 is 0 Å². The SMILES string of the molecule is Fc1ccc(-c2cn3nc(N4CCN(CC5CCOC5)CC4)sc3n2)cc1. The molecule has 0 spiro atoms. The second kappa shape index (κ2) is 7.18. The Balaban J connectivity index is 1.24. The summed E-state index contributed by atoms with van der Waals surface area (Å²) in [5, 5.41) is 5.73. The molecule has 0 aliphatic carbocycles. The molecule has 2 saturated heterocycles. The van der Waals surface area contributed by atoms with Crippen LogP contribution >= 0.6 is 11.3 Å². The maximum atomic E-state index is 13.1. The Kier molecular flexibility index (Phi) is 4.55. The van der Waals surface area contributed by atoms with Gasteiger partial charge in [-0.05, 0) is 36.6 Å². The van der Waals surface area contributed by atoms with Gasteiger partial charge >= 0.3 is 0 Å². The summed E-state index contributed by atoms with van der Waals surface area (Å²) in [6.45, 7) is 7.11. The first-order chi connectivity index (χ1) is 13.2. The molecule has 1 aromatic carbocycles. The molecule has 6 nitrogen and oxygen atoms in total. The second-order valence-corrected chi connectivity index (χ2v) is 8.20. The van der Waals surface area contributed by atoms with Crippen molar-refractivity contribution in [3.8, 4) is 11.3 Å². The minimum atomic E-state index is -0.236. The van der Waals surface area contributed by atoms with Gasteiger partial charge in [0.25, 0.3) is 0 Å². The Morgan fingerprint density at radius 3 is 2.67 bits per heavy atom.